The van der Waals surface area contributed by atoms with Gasteiger partial charge in [0.25, 0.3) is 11.1 Å². The quantitative estimate of drug-likeness (QED) is 0.510. The summed E-state index contributed by atoms with van der Waals surface area (Å²) < 4.78 is 16.6. The van der Waals surface area contributed by atoms with Gasteiger partial charge in [-0.15, -0.1) is 0 Å². The van der Waals surface area contributed by atoms with Crippen molar-refractivity contribution in [2.75, 3.05) is 32.7 Å². The van der Waals surface area contributed by atoms with Gasteiger partial charge in [-0.2, -0.15) is 0 Å². The summed E-state index contributed by atoms with van der Waals surface area (Å²) in [6.07, 6.45) is 1.57. The smallest absolute Gasteiger partial charge is 0.294 e. The Morgan fingerprint density at radius 2 is 1.88 bits per heavy atom. The molecule has 0 saturated carbocycles. The van der Waals surface area contributed by atoms with E-state index in [1.54, 1.807) is 42.5 Å². The van der Waals surface area contributed by atoms with E-state index in [0.717, 1.165) is 16.7 Å². The number of carbonyl (C=O) groups excluding carboxylic acids is 3. The van der Waals surface area contributed by atoms with Crippen LogP contribution >= 0.6 is 27.7 Å². The third-order valence-corrected chi connectivity index (χ3v) is 5.87. The molecule has 1 aliphatic rings. The molecule has 8 nitrogen and oxygen atoms in total. The lowest BCUT2D eigenvalue weighted by Gasteiger charge is -2.13. The molecule has 1 N–H and O–H groups in total. The first-order valence-electron chi connectivity index (χ1n) is 9.55. The van der Waals surface area contributed by atoms with Gasteiger partial charge in [-0.05, 0) is 82.7 Å². The van der Waals surface area contributed by atoms with Crippen molar-refractivity contribution in [2.45, 2.75) is 6.92 Å². The van der Waals surface area contributed by atoms with E-state index in [9.17, 15) is 14.4 Å². The molecule has 0 radical (unpaired) electrons. The summed E-state index contributed by atoms with van der Waals surface area (Å²) in [6.45, 7) is 2.04. The lowest BCUT2D eigenvalue weighted by atomic mass is 10.2. The molecule has 0 bridgehead atoms. The molecule has 168 valence electrons. The average molecular weight is 521 g/mol. The molecular formula is C22H21BrN2O6S. The van der Waals surface area contributed by atoms with E-state index in [0.29, 0.717) is 39.6 Å². The van der Waals surface area contributed by atoms with Crippen LogP contribution in [0, 0.1) is 0 Å². The number of rotatable bonds is 8. The summed E-state index contributed by atoms with van der Waals surface area (Å²) in [5, 5.41) is 2.16. The van der Waals surface area contributed by atoms with Crippen molar-refractivity contribution in [1.29, 1.82) is 0 Å². The lowest BCUT2D eigenvalue weighted by molar-refractivity contribution is -0.127. The van der Waals surface area contributed by atoms with Gasteiger partial charge in [0.1, 0.15) is 12.3 Å². The normalized spacial score (nSPS) is 14.6. The Balaban J connectivity index is 1.70. The zero-order chi connectivity index (χ0) is 23.3. The SMILES string of the molecule is CCOc1ccc(NC(=O)CN2C(=O)S/C(=C\c3cc(Br)c(OC)c(OC)c3)C2=O)cc1. The average Bonchev–Trinajstić information content (AvgIpc) is 3.02. The third kappa shape index (κ3) is 5.43. The minimum absolute atomic E-state index is 0.211. The maximum absolute atomic E-state index is 12.7. The van der Waals surface area contributed by atoms with Gasteiger partial charge >= 0.3 is 0 Å². The van der Waals surface area contributed by atoms with Crippen LogP contribution in [0.2, 0.25) is 0 Å². The first-order valence-corrected chi connectivity index (χ1v) is 11.2. The molecule has 0 atom stereocenters. The van der Waals surface area contributed by atoms with Crippen molar-refractivity contribution in [2.24, 2.45) is 0 Å². The van der Waals surface area contributed by atoms with E-state index in [2.05, 4.69) is 21.2 Å². The summed E-state index contributed by atoms with van der Waals surface area (Å²) >= 11 is 4.18. The van der Waals surface area contributed by atoms with Crippen molar-refractivity contribution in [3.05, 3.63) is 51.3 Å². The Hall–Kier alpha value is -2.98. The second-order valence-corrected chi connectivity index (χ2v) is 8.36. The van der Waals surface area contributed by atoms with Crippen molar-refractivity contribution in [3.8, 4) is 17.2 Å². The fraction of sp³-hybridized carbons (Fsp3) is 0.227. The van der Waals surface area contributed by atoms with Crippen LogP contribution in [-0.2, 0) is 9.59 Å². The molecule has 0 spiro atoms. The first kappa shape index (κ1) is 23.7. The summed E-state index contributed by atoms with van der Waals surface area (Å²) in [7, 11) is 3.02. The van der Waals surface area contributed by atoms with Gasteiger partial charge in [-0.1, -0.05) is 0 Å². The van der Waals surface area contributed by atoms with Gasteiger partial charge < -0.3 is 19.5 Å². The number of hydrogen-bond acceptors (Lipinski definition) is 7. The highest BCUT2D eigenvalue weighted by molar-refractivity contribution is 9.10. The van der Waals surface area contributed by atoms with E-state index >= 15 is 0 Å². The van der Waals surface area contributed by atoms with Crippen LogP contribution in [0.1, 0.15) is 12.5 Å². The van der Waals surface area contributed by atoms with Crippen molar-refractivity contribution in [3.63, 3.8) is 0 Å². The number of nitrogens with one attached hydrogen (secondary N) is 1. The van der Waals surface area contributed by atoms with Gasteiger partial charge in [-0.3, -0.25) is 19.3 Å². The molecule has 0 unspecified atom stereocenters. The van der Waals surface area contributed by atoms with Crippen LogP contribution in [0.15, 0.2) is 45.8 Å². The lowest BCUT2D eigenvalue weighted by Crippen LogP contribution is -2.36. The van der Waals surface area contributed by atoms with E-state index < -0.39 is 17.1 Å². The number of ether oxygens (including phenoxy) is 3. The molecule has 1 aliphatic heterocycles. The molecule has 1 fully saturated rings. The zero-order valence-electron chi connectivity index (χ0n) is 17.6. The number of thioether (sulfide) groups is 1. The maximum Gasteiger partial charge on any atom is 0.294 e. The fourth-order valence-electron chi connectivity index (χ4n) is 2.95. The highest BCUT2D eigenvalue weighted by atomic mass is 79.9. The Labute approximate surface area is 198 Å². The van der Waals surface area contributed by atoms with Crippen molar-refractivity contribution >= 4 is 56.5 Å². The van der Waals surface area contributed by atoms with Gasteiger partial charge in [-0.25, -0.2) is 0 Å². The molecular weight excluding hydrogens is 500 g/mol. The van der Waals surface area contributed by atoms with Gasteiger partial charge in [0.2, 0.25) is 5.91 Å². The first-order chi connectivity index (χ1) is 15.4. The summed E-state index contributed by atoms with van der Waals surface area (Å²) in [6, 6.07) is 10.3. The van der Waals surface area contributed by atoms with Crippen molar-refractivity contribution in [1.82, 2.24) is 4.90 Å². The van der Waals surface area contributed by atoms with E-state index in [-0.39, 0.29) is 11.4 Å². The highest BCUT2D eigenvalue weighted by Crippen LogP contribution is 2.38. The molecule has 0 aromatic heterocycles. The second-order valence-electron chi connectivity index (χ2n) is 6.51. The van der Waals surface area contributed by atoms with Crippen LogP contribution in [0.5, 0.6) is 17.2 Å². The number of amides is 3. The predicted octanol–water partition coefficient (Wildman–Crippen LogP) is 4.54. The molecule has 1 saturated heterocycles. The molecule has 0 aliphatic carbocycles. The van der Waals surface area contributed by atoms with Crippen LogP contribution in [0.25, 0.3) is 6.08 Å². The maximum atomic E-state index is 12.7. The number of anilines is 1. The number of methoxy groups -OCH3 is 2. The molecule has 2 aromatic carbocycles. The third-order valence-electron chi connectivity index (χ3n) is 4.38. The number of nitrogens with zero attached hydrogens (tertiary/aromatic N) is 1. The van der Waals surface area contributed by atoms with Crippen LogP contribution < -0.4 is 19.5 Å². The zero-order valence-corrected chi connectivity index (χ0v) is 20.0. The van der Waals surface area contributed by atoms with Crippen LogP contribution in [0.3, 0.4) is 0 Å². The van der Waals surface area contributed by atoms with E-state index in [1.807, 2.05) is 6.92 Å². The number of hydrogen-bond donors (Lipinski definition) is 1. The summed E-state index contributed by atoms with van der Waals surface area (Å²) in [4.78, 5) is 38.6. The monoisotopic (exact) mass is 520 g/mol. The molecule has 1 heterocycles. The Kier molecular flexibility index (Phi) is 7.81. The molecule has 10 heteroatoms. The molecule has 2 aromatic rings. The number of imide groups is 1. The second kappa shape index (κ2) is 10.6. The number of benzene rings is 2. The predicted molar refractivity (Wildman–Crippen MR) is 126 cm³/mol. The van der Waals surface area contributed by atoms with E-state index in [1.165, 1.54) is 14.2 Å². The standard InChI is InChI=1S/C22H21BrN2O6S/c1-4-31-15-7-5-14(6-8-15)24-19(26)12-25-21(27)18(32-22(25)28)11-13-9-16(23)20(30-3)17(10-13)29-2/h5-11H,4,12H2,1-3H3,(H,24,26)/b18-11-. The highest BCUT2D eigenvalue weighted by Gasteiger charge is 2.36. The Bertz CT molecular complexity index is 1070. The molecule has 3 amide bonds. The summed E-state index contributed by atoms with van der Waals surface area (Å²) in [5.74, 6) is 0.661. The van der Waals surface area contributed by atoms with Crippen LogP contribution in [0.4, 0.5) is 10.5 Å². The topological polar surface area (TPSA) is 94.2 Å². The Morgan fingerprint density at radius 3 is 2.50 bits per heavy atom. The molecule has 3 rings (SSSR count). The largest absolute Gasteiger partial charge is 0.494 e. The Morgan fingerprint density at radius 1 is 1.16 bits per heavy atom. The van der Waals surface area contributed by atoms with E-state index in [4.69, 9.17) is 14.2 Å². The van der Waals surface area contributed by atoms with Crippen LogP contribution in [-0.4, -0.2) is 49.3 Å². The fourth-order valence-corrected chi connectivity index (χ4v) is 4.41. The van der Waals surface area contributed by atoms with Gasteiger partial charge in [0.05, 0.1) is 30.2 Å². The van der Waals surface area contributed by atoms with Crippen molar-refractivity contribution < 1.29 is 28.6 Å². The minimum Gasteiger partial charge on any atom is -0.494 e. The van der Waals surface area contributed by atoms with Gasteiger partial charge in [0.15, 0.2) is 11.5 Å². The summed E-state index contributed by atoms with van der Waals surface area (Å²) in [5.41, 5.74) is 1.18. The van der Waals surface area contributed by atoms with Gasteiger partial charge in [0, 0.05) is 5.69 Å². The number of halogens is 1. The minimum atomic E-state index is -0.534. The number of carbonyl (C=O) groups is 3. The molecule has 32 heavy (non-hydrogen) atoms.